The third kappa shape index (κ3) is 4.48. The highest BCUT2D eigenvalue weighted by Crippen LogP contribution is 2.26. The van der Waals surface area contributed by atoms with Crippen LogP contribution in [0.25, 0.3) is 0 Å². The van der Waals surface area contributed by atoms with Crippen molar-refractivity contribution in [3.63, 3.8) is 0 Å². The fourth-order valence-corrected chi connectivity index (χ4v) is 3.24. The standard InChI is InChI=1S/C19H23N3O3/c1-25-19-7-3-5-17(11-19)21-9-8-16(14-21)13-20-12-15-4-2-6-18(10-15)22(23)24/h2-7,10-11,16,20H,8-9,12-14H2,1H3/t16-/m0/s1. The van der Waals surface area contributed by atoms with E-state index in [-0.39, 0.29) is 10.6 Å². The van der Waals surface area contributed by atoms with E-state index in [1.165, 1.54) is 11.8 Å². The quantitative estimate of drug-likeness (QED) is 0.619. The molecule has 0 radical (unpaired) electrons. The van der Waals surface area contributed by atoms with Crippen LogP contribution in [0.4, 0.5) is 11.4 Å². The van der Waals surface area contributed by atoms with Crippen LogP contribution in [0.1, 0.15) is 12.0 Å². The van der Waals surface area contributed by atoms with Gasteiger partial charge in [0, 0.05) is 50.1 Å². The van der Waals surface area contributed by atoms with Gasteiger partial charge in [-0.1, -0.05) is 18.2 Å². The summed E-state index contributed by atoms with van der Waals surface area (Å²) in [5.74, 6) is 1.45. The number of anilines is 1. The van der Waals surface area contributed by atoms with Gasteiger partial charge in [-0.15, -0.1) is 0 Å². The van der Waals surface area contributed by atoms with Crippen LogP contribution in [0.5, 0.6) is 5.75 Å². The largest absolute Gasteiger partial charge is 0.497 e. The number of nitrogens with one attached hydrogen (secondary N) is 1. The molecular weight excluding hydrogens is 318 g/mol. The lowest BCUT2D eigenvalue weighted by Crippen LogP contribution is -2.26. The van der Waals surface area contributed by atoms with Crippen molar-refractivity contribution in [2.24, 2.45) is 5.92 Å². The van der Waals surface area contributed by atoms with E-state index in [2.05, 4.69) is 22.3 Å². The number of non-ortho nitro benzene ring substituents is 1. The number of benzene rings is 2. The first kappa shape index (κ1) is 17.2. The maximum atomic E-state index is 10.8. The first-order valence-electron chi connectivity index (χ1n) is 8.49. The maximum Gasteiger partial charge on any atom is 0.269 e. The SMILES string of the molecule is COc1cccc(N2CC[C@@H](CNCc3cccc([N+](=O)[O-])c3)C2)c1. The number of rotatable bonds is 7. The number of methoxy groups -OCH3 is 1. The number of hydrogen-bond donors (Lipinski definition) is 1. The van der Waals surface area contributed by atoms with Crippen molar-refractivity contribution in [3.8, 4) is 5.75 Å². The summed E-state index contributed by atoms with van der Waals surface area (Å²) in [6.07, 6.45) is 1.14. The summed E-state index contributed by atoms with van der Waals surface area (Å²) in [4.78, 5) is 12.8. The number of nitro benzene ring substituents is 1. The van der Waals surface area contributed by atoms with Gasteiger partial charge in [-0.25, -0.2) is 0 Å². The molecule has 2 aromatic carbocycles. The zero-order valence-electron chi connectivity index (χ0n) is 14.4. The molecular formula is C19H23N3O3. The normalized spacial score (nSPS) is 16.8. The van der Waals surface area contributed by atoms with Crippen molar-refractivity contribution < 1.29 is 9.66 Å². The van der Waals surface area contributed by atoms with Crippen LogP contribution in [0.2, 0.25) is 0 Å². The minimum absolute atomic E-state index is 0.143. The first-order chi connectivity index (χ1) is 12.2. The smallest absolute Gasteiger partial charge is 0.269 e. The van der Waals surface area contributed by atoms with Gasteiger partial charge in [0.2, 0.25) is 0 Å². The van der Waals surface area contributed by atoms with Crippen LogP contribution in [0, 0.1) is 16.0 Å². The van der Waals surface area contributed by atoms with E-state index >= 15 is 0 Å². The van der Waals surface area contributed by atoms with Crippen molar-refractivity contribution in [2.75, 3.05) is 31.6 Å². The minimum atomic E-state index is -0.355. The molecule has 2 aromatic rings. The summed E-state index contributed by atoms with van der Waals surface area (Å²) in [6.45, 7) is 3.60. The monoisotopic (exact) mass is 341 g/mol. The molecule has 0 amide bonds. The van der Waals surface area contributed by atoms with Gasteiger partial charge in [-0.3, -0.25) is 10.1 Å². The molecule has 132 valence electrons. The molecule has 6 heteroatoms. The van der Waals surface area contributed by atoms with E-state index in [9.17, 15) is 10.1 Å². The molecule has 1 atom stereocenters. The summed E-state index contributed by atoms with van der Waals surface area (Å²) in [5, 5.41) is 14.3. The molecule has 0 unspecified atom stereocenters. The molecule has 0 aromatic heterocycles. The molecule has 0 spiro atoms. The van der Waals surface area contributed by atoms with Gasteiger partial charge in [0.1, 0.15) is 5.75 Å². The minimum Gasteiger partial charge on any atom is -0.497 e. The van der Waals surface area contributed by atoms with Gasteiger partial charge in [0.25, 0.3) is 5.69 Å². The third-order valence-electron chi connectivity index (χ3n) is 4.59. The zero-order chi connectivity index (χ0) is 17.6. The summed E-state index contributed by atoms with van der Waals surface area (Å²) < 4.78 is 5.29. The highest BCUT2D eigenvalue weighted by atomic mass is 16.6. The molecule has 25 heavy (non-hydrogen) atoms. The van der Waals surface area contributed by atoms with Gasteiger partial charge in [0.15, 0.2) is 0 Å². The van der Waals surface area contributed by atoms with E-state index in [1.807, 2.05) is 18.2 Å². The fraction of sp³-hybridized carbons (Fsp3) is 0.368. The Morgan fingerprint density at radius 1 is 1.28 bits per heavy atom. The lowest BCUT2D eigenvalue weighted by atomic mass is 10.1. The molecule has 0 saturated carbocycles. The number of nitrogens with zero attached hydrogens (tertiary/aromatic N) is 2. The Kier molecular flexibility index (Phi) is 5.50. The van der Waals surface area contributed by atoms with E-state index in [1.54, 1.807) is 19.2 Å². The van der Waals surface area contributed by atoms with Crippen LogP contribution in [-0.2, 0) is 6.54 Å². The van der Waals surface area contributed by atoms with Crippen LogP contribution >= 0.6 is 0 Å². The van der Waals surface area contributed by atoms with Gasteiger partial charge in [-0.05, 0) is 30.0 Å². The number of hydrogen-bond acceptors (Lipinski definition) is 5. The second kappa shape index (κ2) is 7.98. The summed E-state index contributed by atoms with van der Waals surface area (Å²) in [5.41, 5.74) is 2.28. The lowest BCUT2D eigenvalue weighted by Gasteiger charge is -2.19. The molecule has 1 N–H and O–H groups in total. The van der Waals surface area contributed by atoms with Crippen molar-refractivity contribution >= 4 is 11.4 Å². The second-order valence-electron chi connectivity index (χ2n) is 6.36. The third-order valence-corrected chi connectivity index (χ3v) is 4.59. The highest BCUT2D eigenvalue weighted by molar-refractivity contribution is 5.51. The zero-order valence-corrected chi connectivity index (χ0v) is 14.4. The molecule has 1 saturated heterocycles. The highest BCUT2D eigenvalue weighted by Gasteiger charge is 2.22. The number of ether oxygens (including phenoxy) is 1. The predicted molar refractivity (Wildman–Crippen MR) is 98.1 cm³/mol. The van der Waals surface area contributed by atoms with E-state index in [4.69, 9.17) is 4.74 Å². The van der Waals surface area contributed by atoms with Crippen molar-refractivity contribution in [3.05, 3.63) is 64.2 Å². The molecule has 6 nitrogen and oxygen atoms in total. The Labute approximate surface area is 147 Å². The molecule has 0 bridgehead atoms. The summed E-state index contributed by atoms with van der Waals surface area (Å²) in [6, 6.07) is 14.9. The lowest BCUT2D eigenvalue weighted by molar-refractivity contribution is -0.384. The first-order valence-corrected chi connectivity index (χ1v) is 8.49. The molecule has 1 fully saturated rings. The average Bonchev–Trinajstić information content (AvgIpc) is 3.11. The Balaban J connectivity index is 1.49. The van der Waals surface area contributed by atoms with Gasteiger partial charge >= 0.3 is 0 Å². The average molecular weight is 341 g/mol. The van der Waals surface area contributed by atoms with E-state index in [0.717, 1.165) is 37.4 Å². The summed E-state index contributed by atoms with van der Waals surface area (Å²) in [7, 11) is 1.68. The Morgan fingerprint density at radius 3 is 2.92 bits per heavy atom. The van der Waals surface area contributed by atoms with Crippen molar-refractivity contribution in [2.45, 2.75) is 13.0 Å². The Morgan fingerprint density at radius 2 is 2.12 bits per heavy atom. The van der Waals surface area contributed by atoms with Crippen molar-refractivity contribution in [1.29, 1.82) is 0 Å². The van der Waals surface area contributed by atoms with Crippen LogP contribution < -0.4 is 15.0 Å². The van der Waals surface area contributed by atoms with Gasteiger partial charge < -0.3 is 15.0 Å². The molecule has 1 aliphatic rings. The molecule has 0 aliphatic carbocycles. The molecule has 1 aliphatic heterocycles. The van der Waals surface area contributed by atoms with Gasteiger partial charge in [0.05, 0.1) is 12.0 Å². The summed E-state index contributed by atoms with van der Waals surface area (Å²) >= 11 is 0. The van der Waals surface area contributed by atoms with Crippen LogP contribution in [-0.4, -0.2) is 31.7 Å². The topological polar surface area (TPSA) is 67.6 Å². The van der Waals surface area contributed by atoms with E-state index in [0.29, 0.717) is 12.5 Å². The van der Waals surface area contributed by atoms with Crippen LogP contribution in [0.15, 0.2) is 48.5 Å². The Hall–Kier alpha value is -2.60. The van der Waals surface area contributed by atoms with E-state index < -0.39 is 0 Å². The fourth-order valence-electron chi connectivity index (χ4n) is 3.24. The van der Waals surface area contributed by atoms with Crippen molar-refractivity contribution in [1.82, 2.24) is 5.32 Å². The van der Waals surface area contributed by atoms with Gasteiger partial charge in [-0.2, -0.15) is 0 Å². The Bertz CT molecular complexity index is 735. The molecule has 3 rings (SSSR count). The predicted octanol–water partition coefficient (Wildman–Crippen LogP) is 3.22. The maximum absolute atomic E-state index is 10.8. The number of nitro groups is 1. The van der Waals surface area contributed by atoms with Crippen LogP contribution in [0.3, 0.4) is 0 Å². The second-order valence-corrected chi connectivity index (χ2v) is 6.36. The molecule has 1 heterocycles.